The van der Waals surface area contributed by atoms with E-state index in [9.17, 15) is 9.59 Å². The molecule has 0 aromatic heterocycles. The number of carbonyl (C=O) groups is 2. The number of nitrogens with zero attached hydrogens (tertiary/aromatic N) is 1. The van der Waals surface area contributed by atoms with Gasteiger partial charge in [0.2, 0.25) is 5.91 Å². The van der Waals surface area contributed by atoms with E-state index in [0.29, 0.717) is 0 Å². The van der Waals surface area contributed by atoms with Gasteiger partial charge in [-0.3, -0.25) is 14.5 Å². The molecule has 0 aromatic rings. The Hall–Kier alpha value is -1.38. The highest BCUT2D eigenvalue weighted by Gasteiger charge is 2.51. The van der Waals surface area contributed by atoms with Crippen LogP contribution in [0.5, 0.6) is 0 Å². The van der Waals surface area contributed by atoms with Crippen LogP contribution in [0.4, 0.5) is 0 Å². The lowest BCUT2D eigenvalue weighted by Crippen LogP contribution is -2.27. The highest BCUT2D eigenvalue weighted by molar-refractivity contribution is 6.16. The Morgan fingerprint density at radius 2 is 2.23 bits per heavy atom. The number of likely N-dealkylation sites (N-methyl/N-ethyl adjacent to an activating group) is 1. The van der Waals surface area contributed by atoms with Crippen molar-refractivity contribution in [3.63, 3.8) is 0 Å². The zero-order valence-electron chi connectivity index (χ0n) is 7.28. The number of hydrogen-bond acceptors (Lipinski definition) is 2. The van der Waals surface area contributed by atoms with Crippen molar-refractivity contribution in [2.45, 2.75) is 6.42 Å². The molecule has 2 unspecified atom stereocenters. The molecule has 0 N–H and O–H groups in total. The number of fused-ring (bicyclic) bond motifs is 4. The minimum Gasteiger partial charge on any atom is -0.281 e. The van der Waals surface area contributed by atoms with Crippen molar-refractivity contribution in [3.8, 4) is 0 Å². The molecule has 13 heavy (non-hydrogen) atoms. The Bertz CT molecular complexity index is 392. The number of rotatable bonds is 0. The Labute approximate surface area is 75.7 Å². The van der Waals surface area contributed by atoms with Gasteiger partial charge in [-0.15, -0.1) is 0 Å². The largest absolute Gasteiger partial charge is 0.281 e. The first-order valence-electron chi connectivity index (χ1n) is 4.43. The lowest BCUT2D eigenvalue weighted by Gasteiger charge is -2.10. The van der Waals surface area contributed by atoms with E-state index in [1.54, 1.807) is 7.05 Å². The first kappa shape index (κ1) is 7.06. The van der Waals surface area contributed by atoms with Crippen LogP contribution in [-0.4, -0.2) is 23.8 Å². The Kier molecular flexibility index (Phi) is 1.04. The van der Waals surface area contributed by atoms with E-state index < -0.39 is 0 Å². The summed E-state index contributed by atoms with van der Waals surface area (Å²) in [6, 6.07) is 0. The zero-order valence-corrected chi connectivity index (χ0v) is 7.28. The molecule has 1 heterocycles. The van der Waals surface area contributed by atoms with Crippen LogP contribution in [0.25, 0.3) is 0 Å². The minimum atomic E-state index is -0.141. The van der Waals surface area contributed by atoms with E-state index in [2.05, 4.69) is 0 Å². The third kappa shape index (κ3) is 0.622. The van der Waals surface area contributed by atoms with E-state index in [1.807, 2.05) is 12.2 Å². The van der Waals surface area contributed by atoms with Gasteiger partial charge in [0.1, 0.15) is 0 Å². The molecule has 1 aliphatic heterocycles. The maximum absolute atomic E-state index is 11.6. The van der Waals surface area contributed by atoms with Gasteiger partial charge in [0, 0.05) is 12.6 Å². The van der Waals surface area contributed by atoms with Gasteiger partial charge in [0.15, 0.2) is 0 Å². The van der Waals surface area contributed by atoms with Crippen LogP contribution < -0.4 is 0 Å². The van der Waals surface area contributed by atoms with Crippen LogP contribution in [0.15, 0.2) is 23.3 Å². The molecule has 3 aliphatic rings. The molecule has 3 nitrogen and oxygen atoms in total. The predicted molar refractivity (Wildman–Crippen MR) is 45.5 cm³/mol. The molecule has 1 fully saturated rings. The Morgan fingerprint density at radius 3 is 2.92 bits per heavy atom. The summed E-state index contributed by atoms with van der Waals surface area (Å²) in [5.41, 5.74) is 1.85. The smallest absolute Gasteiger partial charge is 0.257 e. The molecule has 2 atom stereocenters. The van der Waals surface area contributed by atoms with Gasteiger partial charge in [0.05, 0.1) is 5.92 Å². The van der Waals surface area contributed by atoms with Crippen LogP contribution in [-0.2, 0) is 9.59 Å². The Morgan fingerprint density at radius 1 is 1.46 bits per heavy atom. The van der Waals surface area contributed by atoms with Gasteiger partial charge < -0.3 is 0 Å². The second-order valence-corrected chi connectivity index (χ2v) is 3.85. The molecule has 1 saturated heterocycles. The second-order valence-electron chi connectivity index (χ2n) is 3.85. The SMILES string of the molecule is CN1C(=O)C2=C3C=CC(C3)C2C1=O. The van der Waals surface area contributed by atoms with Crippen LogP contribution in [0.1, 0.15) is 6.42 Å². The maximum Gasteiger partial charge on any atom is 0.257 e. The monoisotopic (exact) mass is 175 g/mol. The molecule has 2 bridgehead atoms. The fraction of sp³-hybridized carbons (Fsp3) is 0.400. The maximum atomic E-state index is 11.6. The van der Waals surface area contributed by atoms with E-state index in [4.69, 9.17) is 0 Å². The molecule has 3 heteroatoms. The van der Waals surface area contributed by atoms with Crippen LogP contribution in [0, 0.1) is 11.8 Å². The molecule has 0 aromatic carbocycles. The van der Waals surface area contributed by atoms with E-state index in [-0.39, 0.29) is 23.7 Å². The normalized spacial score (nSPS) is 35.3. The first-order valence-corrected chi connectivity index (χ1v) is 4.43. The van der Waals surface area contributed by atoms with Crippen molar-refractivity contribution in [1.82, 2.24) is 4.90 Å². The molecule has 2 amide bonds. The van der Waals surface area contributed by atoms with Crippen molar-refractivity contribution < 1.29 is 9.59 Å². The fourth-order valence-corrected chi connectivity index (χ4v) is 2.54. The number of hydrogen-bond donors (Lipinski definition) is 0. The molecule has 2 aliphatic carbocycles. The topological polar surface area (TPSA) is 37.4 Å². The van der Waals surface area contributed by atoms with Gasteiger partial charge in [-0.2, -0.15) is 0 Å². The average Bonchev–Trinajstić information content (AvgIpc) is 2.76. The first-order chi connectivity index (χ1) is 6.20. The van der Waals surface area contributed by atoms with Crippen LogP contribution in [0.2, 0.25) is 0 Å². The van der Waals surface area contributed by atoms with Crippen molar-refractivity contribution in [1.29, 1.82) is 0 Å². The van der Waals surface area contributed by atoms with E-state index in [0.717, 1.165) is 17.6 Å². The highest BCUT2D eigenvalue weighted by atomic mass is 16.2. The molecular weight excluding hydrogens is 166 g/mol. The molecular formula is C10H9NO2. The lowest BCUT2D eigenvalue weighted by molar-refractivity contribution is -0.137. The van der Waals surface area contributed by atoms with Gasteiger partial charge >= 0.3 is 0 Å². The quantitative estimate of drug-likeness (QED) is 0.502. The van der Waals surface area contributed by atoms with Gasteiger partial charge in [0.25, 0.3) is 5.91 Å². The summed E-state index contributed by atoms with van der Waals surface area (Å²) in [4.78, 5) is 24.5. The zero-order chi connectivity index (χ0) is 9.16. The van der Waals surface area contributed by atoms with Crippen LogP contribution >= 0.6 is 0 Å². The second kappa shape index (κ2) is 1.92. The minimum absolute atomic E-state index is 0.0237. The van der Waals surface area contributed by atoms with Crippen LogP contribution in [0.3, 0.4) is 0 Å². The van der Waals surface area contributed by atoms with Gasteiger partial charge in [-0.1, -0.05) is 12.2 Å². The average molecular weight is 175 g/mol. The summed E-state index contributed by atoms with van der Waals surface area (Å²) < 4.78 is 0. The molecule has 0 spiro atoms. The summed E-state index contributed by atoms with van der Waals surface area (Å²) in [6.45, 7) is 0. The molecule has 0 saturated carbocycles. The number of imide groups is 1. The number of amides is 2. The molecule has 3 rings (SSSR count). The summed E-state index contributed by atoms with van der Waals surface area (Å²) in [5, 5.41) is 0. The number of allylic oxidation sites excluding steroid dienone is 3. The third-order valence-corrected chi connectivity index (χ3v) is 3.22. The molecule has 0 radical (unpaired) electrons. The molecule has 66 valence electrons. The predicted octanol–water partition coefficient (Wildman–Crippen LogP) is 0.488. The van der Waals surface area contributed by atoms with E-state index >= 15 is 0 Å². The van der Waals surface area contributed by atoms with Gasteiger partial charge in [-0.05, 0) is 17.9 Å². The summed E-state index contributed by atoms with van der Waals surface area (Å²) in [6.07, 6.45) is 4.93. The van der Waals surface area contributed by atoms with E-state index in [1.165, 1.54) is 4.90 Å². The van der Waals surface area contributed by atoms with Gasteiger partial charge in [-0.25, -0.2) is 0 Å². The van der Waals surface area contributed by atoms with Crippen molar-refractivity contribution in [2.24, 2.45) is 11.8 Å². The summed E-state index contributed by atoms with van der Waals surface area (Å²) in [5.74, 6) is 0.0186. The fourth-order valence-electron chi connectivity index (χ4n) is 2.54. The number of likely N-dealkylation sites (tertiary alicyclic amines) is 1. The lowest BCUT2D eigenvalue weighted by atomic mass is 9.92. The summed E-state index contributed by atoms with van der Waals surface area (Å²) in [7, 11) is 1.57. The van der Waals surface area contributed by atoms with Crippen molar-refractivity contribution in [2.75, 3.05) is 7.05 Å². The summed E-state index contributed by atoms with van der Waals surface area (Å²) >= 11 is 0. The Balaban J connectivity index is 2.21. The highest BCUT2D eigenvalue weighted by Crippen LogP contribution is 2.47. The standard InChI is InChI=1S/C10H9NO2/c1-11-9(12)7-5-2-3-6(4-5)8(7)10(11)13/h2-3,5,7H,4H2,1H3. The number of carbonyl (C=O) groups excluding carboxylic acids is 2. The third-order valence-electron chi connectivity index (χ3n) is 3.22. The van der Waals surface area contributed by atoms with Crippen molar-refractivity contribution >= 4 is 11.8 Å². The van der Waals surface area contributed by atoms with Crippen molar-refractivity contribution in [3.05, 3.63) is 23.3 Å².